The standard InChI is InChI=1S/C13H15N3O3.C2H6/c1-4-8-9(5-2)16(13(19)15(8)3)10-6-7-11(17)14-12(10)18;1-2/h4-5,10H,1-2,6-7H2,3H3,(H,14,17,18);1-2H3. The van der Waals surface area contributed by atoms with E-state index in [1.54, 1.807) is 13.1 Å². The molecule has 6 nitrogen and oxygen atoms in total. The Morgan fingerprint density at radius 3 is 2.19 bits per heavy atom. The van der Waals surface area contributed by atoms with Crippen LogP contribution in [0.25, 0.3) is 12.2 Å². The largest absolute Gasteiger partial charge is 0.329 e. The average molecular weight is 291 g/mol. The van der Waals surface area contributed by atoms with Gasteiger partial charge < -0.3 is 0 Å². The van der Waals surface area contributed by atoms with E-state index in [-0.39, 0.29) is 18.0 Å². The number of carbonyl (C=O) groups excluding carboxylic acids is 2. The third-order valence-corrected chi connectivity index (χ3v) is 3.28. The molecule has 114 valence electrons. The van der Waals surface area contributed by atoms with Crippen molar-refractivity contribution in [2.24, 2.45) is 7.05 Å². The smallest absolute Gasteiger partial charge is 0.295 e. The van der Waals surface area contributed by atoms with Crippen LogP contribution in [-0.4, -0.2) is 20.9 Å². The van der Waals surface area contributed by atoms with E-state index < -0.39 is 11.9 Å². The number of imide groups is 1. The molecule has 0 radical (unpaired) electrons. The summed E-state index contributed by atoms with van der Waals surface area (Å²) in [7, 11) is 1.61. The van der Waals surface area contributed by atoms with Gasteiger partial charge in [0.25, 0.3) is 0 Å². The van der Waals surface area contributed by atoms with Crippen LogP contribution in [0.5, 0.6) is 0 Å². The summed E-state index contributed by atoms with van der Waals surface area (Å²) in [5.74, 6) is -0.767. The molecule has 21 heavy (non-hydrogen) atoms. The zero-order chi connectivity index (χ0) is 16.2. The van der Waals surface area contributed by atoms with Crippen molar-refractivity contribution in [1.82, 2.24) is 14.5 Å². The van der Waals surface area contributed by atoms with Gasteiger partial charge in [-0.05, 0) is 18.6 Å². The Morgan fingerprint density at radius 2 is 1.71 bits per heavy atom. The molecule has 1 aliphatic heterocycles. The third-order valence-electron chi connectivity index (χ3n) is 3.28. The summed E-state index contributed by atoms with van der Waals surface area (Å²) in [6.45, 7) is 11.3. The van der Waals surface area contributed by atoms with E-state index in [9.17, 15) is 14.4 Å². The molecule has 1 aliphatic rings. The van der Waals surface area contributed by atoms with Crippen molar-refractivity contribution in [2.45, 2.75) is 32.7 Å². The first-order valence-electron chi connectivity index (χ1n) is 6.91. The minimum Gasteiger partial charge on any atom is -0.295 e. The summed E-state index contributed by atoms with van der Waals surface area (Å²) in [6.07, 6.45) is 3.59. The lowest BCUT2D eigenvalue weighted by molar-refractivity contribution is -0.135. The number of carbonyl (C=O) groups is 2. The molecule has 2 heterocycles. The number of piperidine rings is 1. The van der Waals surface area contributed by atoms with Crippen LogP contribution >= 0.6 is 0 Å². The van der Waals surface area contributed by atoms with Gasteiger partial charge in [-0.3, -0.25) is 24.0 Å². The molecular weight excluding hydrogens is 270 g/mol. The van der Waals surface area contributed by atoms with Gasteiger partial charge in [0, 0.05) is 13.5 Å². The predicted molar refractivity (Wildman–Crippen MR) is 82.6 cm³/mol. The van der Waals surface area contributed by atoms with Crippen molar-refractivity contribution >= 4 is 24.0 Å². The maximum atomic E-state index is 12.2. The van der Waals surface area contributed by atoms with E-state index >= 15 is 0 Å². The minimum atomic E-state index is -0.682. The first-order chi connectivity index (χ1) is 10.0. The number of rotatable bonds is 3. The summed E-state index contributed by atoms with van der Waals surface area (Å²) in [4.78, 5) is 35.3. The molecule has 0 saturated carbocycles. The molecule has 1 fully saturated rings. The van der Waals surface area contributed by atoms with Crippen molar-refractivity contribution in [3.63, 3.8) is 0 Å². The van der Waals surface area contributed by atoms with Gasteiger partial charge in [-0.2, -0.15) is 0 Å². The quantitative estimate of drug-likeness (QED) is 0.857. The Labute approximate surface area is 123 Å². The lowest BCUT2D eigenvalue weighted by atomic mass is 10.1. The number of amides is 2. The van der Waals surface area contributed by atoms with Gasteiger partial charge in [0.1, 0.15) is 6.04 Å². The zero-order valence-corrected chi connectivity index (χ0v) is 12.7. The Kier molecular flexibility index (Phi) is 5.46. The van der Waals surface area contributed by atoms with Crippen LogP contribution in [0.3, 0.4) is 0 Å². The van der Waals surface area contributed by atoms with Crippen molar-refractivity contribution in [3.8, 4) is 0 Å². The zero-order valence-electron chi connectivity index (χ0n) is 12.7. The van der Waals surface area contributed by atoms with Crippen LogP contribution < -0.4 is 11.0 Å². The van der Waals surface area contributed by atoms with Crippen LogP contribution in [0.4, 0.5) is 0 Å². The van der Waals surface area contributed by atoms with Gasteiger partial charge in [-0.1, -0.05) is 27.0 Å². The number of aromatic nitrogens is 2. The number of hydrogen-bond acceptors (Lipinski definition) is 3. The number of hydrogen-bond donors (Lipinski definition) is 1. The van der Waals surface area contributed by atoms with Gasteiger partial charge in [-0.15, -0.1) is 0 Å². The molecule has 0 aliphatic carbocycles. The summed E-state index contributed by atoms with van der Waals surface area (Å²) >= 11 is 0. The molecule has 1 saturated heterocycles. The van der Waals surface area contributed by atoms with E-state index in [1.165, 1.54) is 15.2 Å². The highest BCUT2D eigenvalue weighted by molar-refractivity contribution is 5.99. The lowest BCUT2D eigenvalue weighted by Gasteiger charge is -2.22. The van der Waals surface area contributed by atoms with E-state index in [2.05, 4.69) is 18.5 Å². The highest BCUT2D eigenvalue weighted by Gasteiger charge is 2.31. The minimum absolute atomic E-state index is 0.220. The van der Waals surface area contributed by atoms with Crippen molar-refractivity contribution in [2.75, 3.05) is 0 Å². The second-order valence-corrected chi connectivity index (χ2v) is 4.36. The fraction of sp³-hybridized carbons (Fsp3) is 0.400. The van der Waals surface area contributed by atoms with E-state index in [0.29, 0.717) is 17.8 Å². The van der Waals surface area contributed by atoms with E-state index in [0.717, 1.165) is 0 Å². The number of nitrogens with zero attached hydrogens (tertiary/aromatic N) is 2. The van der Waals surface area contributed by atoms with Gasteiger partial charge >= 0.3 is 5.69 Å². The highest BCUT2D eigenvalue weighted by Crippen LogP contribution is 2.22. The van der Waals surface area contributed by atoms with Crippen LogP contribution in [-0.2, 0) is 16.6 Å². The predicted octanol–water partition coefficient (Wildman–Crippen LogP) is 1.48. The Hall–Kier alpha value is -2.37. The van der Waals surface area contributed by atoms with Crippen molar-refractivity contribution < 1.29 is 9.59 Å². The first-order valence-corrected chi connectivity index (χ1v) is 6.91. The maximum Gasteiger partial charge on any atom is 0.329 e. The molecule has 1 aromatic heterocycles. The van der Waals surface area contributed by atoms with Gasteiger partial charge in [-0.25, -0.2) is 4.79 Å². The third kappa shape index (κ3) is 2.89. The molecule has 1 N–H and O–H groups in total. The molecule has 2 rings (SSSR count). The maximum absolute atomic E-state index is 12.2. The fourth-order valence-corrected chi connectivity index (χ4v) is 2.34. The van der Waals surface area contributed by atoms with Gasteiger partial charge in [0.15, 0.2) is 0 Å². The second-order valence-electron chi connectivity index (χ2n) is 4.36. The lowest BCUT2D eigenvalue weighted by Crippen LogP contribution is -2.44. The Balaban J connectivity index is 0.00000106. The summed E-state index contributed by atoms with van der Waals surface area (Å²) in [5, 5.41) is 2.25. The van der Waals surface area contributed by atoms with E-state index in [1.807, 2.05) is 13.8 Å². The van der Waals surface area contributed by atoms with Crippen LogP contribution in [0.1, 0.15) is 44.1 Å². The van der Waals surface area contributed by atoms with E-state index in [4.69, 9.17) is 0 Å². The monoisotopic (exact) mass is 291 g/mol. The normalized spacial score (nSPS) is 17.6. The van der Waals surface area contributed by atoms with Crippen LogP contribution in [0.15, 0.2) is 18.0 Å². The molecule has 6 heteroatoms. The Morgan fingerprint density at radius 1 is 1.14 bits per heavy atom. The molecule has 1 aromatic rings. The first kappa shape index (κ1) is 16.7. The molecule has 2 amide bonds. The topological polar surface area (TPSA) is 73.1 Å². The molecule has 0 spiro atoms. The summed E-state index contributed by atoms with van der Waals surface area (Å²) in [5.41, 5.74) is 0.820. The SMILES string of the molecule is C=Cc1c(C=C)n(C2CCC(=O)NC2=O)c(=O)n1C.CC. The summed E-state index contributed by atoms with van der Waals surface area (Å²) in [6, 6.07) is -0.682. The molecule has 1 atom stereocenters. The van der Waals surface area contributed by atoms with Crippen LogP contribution in [0.2, 0.25) is 0 Å². The molecular formula is C15H21N3O3. The second kappa shape index (κ2) is 6.88. The molecule has 1 unspecified atom stereocenters. The van der Waals surface area contributed by atoms with Crippen molar-refractivity contribution in [3.05, 3.63) is 35.0 Å². The Bertz CT molecular complexity index is 637. The molecule has 0 bridgehead atoms. The highest BCUT2D eigenvalue weighted by atomic mass is 16.2. The van der Waals surface area contributed by atoms with Gasteiger partial charge in [0.05, 0.1) is 11.4 Å². The van der Waals surface area contributed by atoms with Crippen LogP contribution in [0, 0.1) is 0 Å². The molecule has 0 aromatic carbocycles. The summed E-state index contributed by atoms with van der Waals surface area (Å²) < 4.78 is 2.78. The fourth-order valence-electron chi connectivity index (χ4n) is 2.34. The average Bonchev–Trinajstić information content (AvgIpc) is 2.73. The number of nitrogens with one attached hydrogen (secondary N) is 1. The van der Waals surface area contributed by atoms with Crippen molar-refractivity contribution in [1.29, 1.82) is 0 Å². The number of imidazole rings is 1. The van der Waals surface area contributed by atoms with Gasteiger partial charge in [0.2, 0.25) is 11.8 Å².